The molecule has 0 radical (unpaired) electrons. The fraction of sp³-hybridized carbons (Fsp3) is 0.182. The molecule has 2 aromatic rings. The lowest BCUT2D eigenvalue weighted by atomic mass is 10.3. The van der Waals surface area contributed by atoms with Crippen molar-refractivity contribution in [3.8, 4) is 0 Å². The molecule has 1 aromatic heterocycles. The highest BCUT2D eigenvalue weighted by Gasteiger charge is 2.20. The largest absolute Gasteiger partial charge is 0.301 e. The summed E-state index contributed by atoms with van der Waals surface area (Å²) in [6.07, 6.45) is 0.269. The summed E-state index contributed by atoms with van der Waals surface area (Å²) in [6.45, 7) is 1.68. The number of rotatable bonds is 5. The maximum absolute atomic E-state index is 12.1. The standard InChI is InChI=1S/C11H11ClN4O3S2/c1-2-9(17)13-10-14-15-11(20-10)21(18,19)16-8-5-3-7(12)4-6-8/h3-6,16H,2H2,1H3,(H,13,14,17). The van der Waals surface area contributed by atoms with E-state index in [2.05, 4.69) is 20.2 Å². The Morgan fingerprint density at radius 2 is 1.95 bits per heavy atom. The molecule has 112 valence electrons. The van der Waals surface area contributed by atoms with Gasteiger partial charge in [0.05, 0.1) is 0 Å². The minimum atomic E-state index is -3.85. The first-order valence-electron chi connectivity index (χ1n) is 5.82. The molecule has 0 atom stereocenters. The Morgan fingerprint density at radius 3 is 2.57 bits per heavy atom. The molecule has 21 heavy (non-hydrogen) atoms. The predicted octanol–water partition coefficient (Wildman–Crippen LogP) is 2.34. The van der Waals surface area contributed by atoms with E-state index in [1.54, 1.807) is 19.1 Å². The summed E-state index contributed by atoms with van der Waals surface area (Å²) in [5.74, 6) is -0.263. The molecule has 0 unspecified atom stereocenters. The maximum Gasteiger partial charge on any atom is 0.291 e. The van der Waals surface area contributed by atoms with E-state index in [1.165, 1.54) is 12.1 Å². The van der Waals surface area contributed by atoms with E-state index in [0.717, 1.165) is 11.3 Å². The van der Waals surface area contributed by atoms with E-state index < -0.39 is 10.0 Å². The van der Waals surface area contributed by atoms with Crippen LogP contribution in [0.5, 0.6) is 0 Å². The van der Waals surface area contributed by atoms with Crippen LogP contribution in [0.1, 0.15) is 13.3 Å². The molecule has 0 spiro atoms. The number of nitrogens with one attached hydrogen (secondary N) is 2. The summed E-state index contributed by atoms with van der Waals surface area (Å²) < 4.78 is 26.3. The molecule has 2 N–H and O–H groups in total. The van der Waals surface area contributed by atoms with E-state index in [0.29, 0.717) is 10.7 Å². The molecule has 0 saturated carbocycles. The highest BCUT2D eigenvalue weighted by Crippen LogP contribution is 2.23. The van der Waals surface area contributed by atoms with Gasteiger partial charge < -0.3 is 5.32 Å². The van der Waals surface area contributed by atoms with Crippen LogP contribution in [0.3, 0.4) is 0 Å². The molecule has 0 saturated heterocycles. The van der Waals surface area contributed by atoms with Crippen LogP contribution in [0.25, 0.3) is 0 Å². The second kappa shape index (κ2) is 6.37. The number of amides is 1. The van der Waals surface area contributed by atoms with Crippen LogP contribution in [-0.4, -0.2) is 24.5 Å². The minimum Gasteiger partial charge on any atom is -0.301 e. The number of benzene rings is 1. The number of sulfonamides is 1. The summed E-state index contributed by atoms with van der Waals surface area (Å²) in [7, 11) is -3.85. The molecule has 10 heteroatoms. The van der Waals surface area contributed by atoms with Crippen LogP contribution in [-0.2, 0) is 14.8 Å². The quantitative estimate of drug-likeness (QED) is 0.809. The van der Waals surface area contributed by atoms with Crippen LogP contribution in [0.15, 0.2) is 28.6 Å². The van der Waals surface area contributed by atoms with Gasteiger partial charge in [-0.2, -0.15) is 8.42 Å². The van der Waals surface area contributed by atoms with Gasteiger partial charge in [0, 0.05) is 17.1 Å². The summed E-state index contributed by atoms with van der Waals surface area (Å²) in [4.78, 5) is 11.2. The molecule has 1 aromatic carbocycles. The van der Waals surface area contributed by atoms with Crippen LogP contribution >= 0.6 is 22.9 Å². The van der Waals surface area contributed by atoms with Gasteiger partial charge in [-0.25, -0.2) is 0 Å². The summed E-state index contributed by atoms with van der Waals surface area (Å²) >= 11 is 6.50. The molecule has 1 heterocycles. The van der Waals surface area contributed by atoms with Gasteiger partial charge in [0.2, 0.25) is 11.0 Å². The number of nitrogens with zero attached hydrogens (tertiary/aromatic N) is 2. The third kappa shape index (κ3) is 4.13. The highest BCUT2D eigenvalue weighted by atomic mass is 35.5. The summed E-state index contributed by atoms with van der Waals surface area (Å²) in [5, 5.41) is 10.3. The van der Waals surface area contributed by atoms with Crippen molar-refractivity contribution in [2.45, 2.75) is 17.7 Å². The molecule has 1 amide bonds. The van der Waals surface area contributed by atoms with Crippen molar-refractivity contribution in [2.75, 3.05) is 10.0 Å². The van der Waals surface area contributed by atoms with E-state index in [4.69, 9.17) is 11.6 Å². The molecular formula is C11H11ClN4O3S2. The lowest BCUT2D eigenvalue weighted by Gasteiger charge is -2.04. The Balaban J connectivity index is 2.16. The smallest absolute Gasteiger partial charge is 0.291 e. The predicted molar refractivity (Wildman–Crippen MR) is 81.1 cm³/mol. The number of carbonyl (C=O) groups is 1. The Morgan fingerprint density at radius 1 is 1.29 bits per heavy atom. The highest BCUT2D eigenvalue weighted by molar-refractivity contribution is 7.94. The van der Waals surface area contributed by atoms with Crippen molar-refractivity contribution in [1.29, 1.82) is 0 Å². The Kier molecular flexibility index (Phi) is 4.76. The number of anilines is 2. The van der Waals surface area contributed by atoms with Crippen LogP contribution in [0.2, 0.25) is 5.02 Å². The van der Waals surface area contributed by atoms with E-state index >= 15 is 0 Å². The zero-order valence-electron chi connectivity index (χ0n) is 10.8. The minimum absolute atomic E-state index is 0.137. The number of hydrogen-bond donors (Lipinski definition) is 2. The van der Waals surface area contributed by atoms with Crippen LogP contribution in [0, 0.1) is 0 Å². The van der Waals surface area contributed by atoms with Crippen LogP contribution < -0.4 is 10.0 Å². The molecule has 0 aliphatic heterocycles. The van der Waals surface area contributed by atoms with Crippen molar-refractivity contribution >= 4 is 49.7 Å². The van der Waals surface area contributed by atoms with Gasteiger partial charge in [-0.1, -0.05) is 29.9 Å². The van der Waals surface area contributed by atoms with Crippen molar-refractivity contribution in [1.82, 2.24) is 10.2 Å². The van der Waals surface area contributed by atoms with Gasteiger partial charge in [0.15, 0.2) is 0 Å². The molecular weight excluding hydrogens is 336 g/mol. The topological polar surface area (TPSA) is 101 Å². The number of carbonyl (C=O) groups excluding carboxylic acids is 1. The Bertz CT molecular complexity index is 743. The Hall–Kier alpha value is -1.71. The molecule has 2 rings (SSSR count). The second-order valence-electron chi connectivity index (χ2n) is 3.89. The SMILES string of the molecule is CCC(=O)Nc1nnc(S(=O)(=O)Nc2ccc(Cl)cc2)s1. The van der Waals surface area contributed by atoms with Crippen molar-refractivity contribution in [3.05, 3.63) is 29.3 Å². The first-order chi connectivity index (χ1) is 9.90. The average molecular weight is 347 g/mol. The van der Waals surface area contributed by atoms with Gasteiger partial charge >= 0.3 is 0 Å². The van der Waals surface area contributed by atoms with Crippen molar-refractivity contribution in [3.63, 3.8) is 0 Å². The van der Waals surface area contributed by atoms with Gasteiger partial charge in [-0.15, -0.1) is 10.2 Å². The van der Waals surface area contributed by atoms with Crippen molar-refractivity contribution < 1.29 is 13.2 Å². The average Bonchev–Trinajstić information content (AvgIpc) is 2.90. The molecule has 7 nitrogen and oxygen atoms in total. The number of halogens is 1. The molecule has 0 bridgehead atoms. The zero-order valence-corrected chi connectivity index (χ0v) is 13.2. The fourth-order valence-corrected chi connectivity index (χ4v) is 3.40. The summed E-state index contributed by atoms with van der Waals surface area (Å²) in [6, 6.07) is 6.18. The Labute approximate surface area is 130 Å². The van der Waals surface area contributed by atoms with Gasteiger partial charge in [-0.05, 0) is 24.3 Å². The lowest BCUT2D eigenvalue weighted by molar-refractivity contribution is -0.115. The normalized spacial score (nSPS) is 11.1. The first-order valence-corrected chi connectivity index (χ1v) is 8.50. The number of aromatic nitrogens is 2. The van der Waals surface area contributed by atoms with E-state index in [1.807, 2.05) is 0 Å². The van der Waals surface area contributed by atoms with Crippen LogP contribution in [0.4, 0.5) is 10.8 Å². The lowest BCUT2D eigenvalue weighted by Crippen LogP contribution is -2.12. The molecule has 0 aliphatic carbocycles. The van der Waals surface area contributed by atoms with Crippen molar-refractivity contribution in [2.24, 2.45) is 0 Å². The maximum atomic E-state index is 12.1. The first kappa shape index (κ1) is 15.7. The summed E-state index contributed by atoms with van der Waals surface area (Å²) in [5.41, 5.74) is 0.355. The van der Waals surface area contributed by atoms with E-state index in [-0.39, 0.29) is 21.8 Å². The fourth-order valence-electron chi connectivity index (χ4n) is 1.29. The molecule has 0 aliphatic rings. The molecule has 0 fully saturated rings. The monoisotopic (exact) mass is 346 g/mol. The van der Waals surface area contributed by atoms with E-state index in [9.17, 15) is 13.2 Å². The zero-order chi connectivity index (χ0) is 15.5. The van der Waals surface area contributed by atoms with Gasteiger partial charge in [-0.3, -0.25) is 9.52 Å². The number of hydrogen-bond acceptors (Lipinski definition) is 6. The third-order valence-corrected chi connectivity index (χ3v) is 5.14. The van der Waals surface area contributed by atoms with Gasteiger partial charge in [0.25, 0.3) is 14.4 Å². The van der Waals surface area contributed by atoms with Gasteiger partial charge in [0.1, 0.15) is 0 Å². The second-order valence-corrected chi connectivity index (χ2v) is 7.16. The third-order valence-electron chi connectivity index (χ3n) is 2.30.